The molecule has 2 heterocycles. The van der Waals surface area contributed by atoms with Crippen LogP contribution in [-0.2, 0) is 4.79 Å². The number of anilines is 2. The van der Waals surface area contributed by atoms with Crippen LogP contribution in [0.1, 0.15) is 23.7 Å². The molecule has 10 nitrogen and oxygen atoms in total. The van der Waals surface area contributed by atoms with Gasteiger partial charge in [0.05, 0.1) is 28.8 Å². The first kappa shape index (κ1) is 22.7. The Kier molecular flexibility index (Phi) is 6.55. The standard InChI is InChI=1S/C22H23ClN4O6/c1-14(28)25-5-7-26(8-6-25)18-4-3-15(11-19(18)27(30)31)22(29)24-17-13-21-20(12-16(17)23)32-9-2-10-33-21/h3-4,11-13H,2,5-10H2,1H3,(H,24,29). The number of carbonyl (C=O) groups is 2. The number of hydrogen-bond acceptors (Lipinski definition) is 7. The van der Waals surface area contributed by atoms with Gasteiger partial charge in [0.25, 0.3) is 11.6 Å². The first-order valence-electron chi connectivity index (χ1n) is 10.5. The number of hydrogen-bond donors (Lipinski definition) is 1. The summed E-state index contributed by atoms with van der Waals surface area (Å²) in [6.07, 6.45) is 0.730. The van der Waals surface area contributed by atoms with E-state index in [1.165, 1.54) is 19.1 Å². The van der Waals surface area contributed by atoms with Crippen LogP contribution in [-0.4, -0.2) is 61.0 Å². The number of carbonyl (C=O) groups excluding carboxylic acids is 2. The fourth-order valence-corrected chi connectivity index (χ4v) is 4.02. The van der Waals surface area contributed by atoms with Gasteiger partial charge >= 0.3 is 0 Å². The smallest absolute Gasteiger partial charge is 0.293 e. The number of piperazine rings is 1. The van der Waals surface area contributed by atoms with E-state index >= 15 is 0 Å². The van der Waals surface area contributed by atoms with Crippen molar-refractivity contribution in [1.29, 1.82) is 0 Å². The van der Waals surface area contributed by atoms with Crippen molar-refractivity contribution in [1.82, 2.24) is 4.90 Å². The molecule has 2 aliphatic heterocycles. The molecule has 0 atom stereocenters. The lowest BCUT2D eigenvalue weighted by molar-refractivity contribution is -0.384. The van der Waals surface area contributed by atoms with Crippen molar-refractivity contribution in [2.24, 2.45) is 0 Å². The molecule has 0 radical (unpaired) electrons. The van der Waals surface area contributed by atoms with Crippen molar-refractivity contribution in [2.45, 2.75) is 13.3 Å². The predicted octanol–water partition coefficient (Wildman–Crippen LogP) is 3.33. The van der Waals surface area contributed by atoms with Gasteiger partial charge in [0, 0.05) is 63.3 Å². The summed E-state index contributed by atoms with van der Waals surface area (Å²) < 4.78 is 11.2. The zero-order valence-electron chi connectivity index (χ0n) is 18.0. The number of nitro groups is 1. The molecule has 0 unspecified atom stereocenters. The third-order valence-electron chi connectivity index (χ3n) is 5.59. The van der Waals surface area contributed by atoms with Gasteiger partial charge < -0.3 is 24.6 Å². The SMILES string of the molecule is CC(=O)N1CCN(c2ccc(C(=O)Nc3cc4c(cc3Cl)OCCCO4)cc2[N+](=O)[O-])CC1. The van der Waals surface area contributed by atoms with Crippen LogP contribution >= 0.6 is 11.6 Å². The molecular formula is C22H23ClN4O6. The number of amides is 2. The Morgan fingerprint density at radius 1 is 1.06 bits per heavy atom. The molecule has 2 amide bonds. The number of halogens is 1. The van der Waals surface area contributed by atoms with Crippen LogP contribution in [0.3, 0.4) is 0 Å². The maximum atomic E-state index is 12.9. The molecule has 1 saturated heterocycles. The highest BCUT2D eigenvalue weighted by Crippen LogP contribution is 2.38. The molecule has 174 valence electrons. The molecule has 0 aromatic heterocycles. The van der Waals surface area contributed by atoms with Crippen LogP contribution < -0.4 is 19.7 Å². The highest BCUT2D eigenvalue weighted by atomic mass is 35.5. The topological polar surface area (TPSA) is 114 Å². The molecule has 0 spiro atoms. The lowest BCUT2D eigenvalue weighted by Gasteiger charge is -2.35. The third kappa shape index (κ3) is 4.95. The number of nitrogens with zero attached hydrogens (tertiary/aromatic N) is 3. The van der Waals surface area contributed by atoms with Crippen LogP contribution in [0.4, 0.5) is 17.1 Å². The summed E-state index contributed by atoms with van der Waals surface area (Å²) in [4.78, 5) is 39.2. The molecular weight excluding hydrogens is 452 g/mol. The van der Waals surface area contributed by atoms with Gasteiger partial charge in [0.15, 0.2) is 11.5 Å². The van der Waals surface area contributed by atoms with Crippen LogP contribution in [0.2, 0.25) is 5.02 Å². The van der Waals surface area contributed by atoms with Gasteiger partial charge in [-0.3, -0.25) is 19.7 Å². The van der Waals surface area contributed by atoms with Crippen molar-refractivity contribution in [3.8, 4) is 11.5 Å². The number of fused-ring (bicyclic) bond motifs is 1. The van der Waals surface area contributed by atoms with Gasteiger partial charge in [-0.05, 0) is 12.1 Å². The zero-order chi connectivity index (χ0) is 23.5. The second kappa shape index (κ2) is 9.53. The predicted molar refractivity (Wildman–Crippen MR) is 123 cm³/mol. The molecule has 11 heteroatoms. The molecule has 4 rings (SSSR count). The third-order valence-corrected chi connectivity index (χ3v) is 5.90. The summed E-state index contributed by atoms with van der Waals surface area (Å²) in [6, 6.07) is 7.50. The molecule has 2 aromatic rings. The fraction of sp³-hybridized carbons (Fsp3) is 0.364. The summed E-state index contributed by atoms with van der Waals surface area (Å²) in [5, 5.41) is 14.7. The van der Waals surface area contributed by atoms with E-state index in [4.69, 9.17) is 21.1 Å². The Hall–Kier alpha value is -3.53. The van der Waals surface area contributed by atoms with E-state index in [0.717, 1.165) is 6.42 Å². The highest BCUT2D eigenvalue weighted by Gasteiger charge is 2.26. The van der Waals surface area contributed by atoms with Gasteiger partial charge in [-0.2, -0.15) is 0 Å². The van der Waals surface area contributed by atoms with Crippen molar-refractivity contribution < 1.29 is 24.0 Å². The molecule has 0 saturated carbocycles. The van der Waals surface area contributed by atoms with E-state index in [9.17, 15) is 19.7 Å². The van der Waals surface area contributed by atoms with Crippen LogP contribution in [0.15, 0.2) is 30.3 Å². The first-order valence-corrected chi connectivity index (χ1v) is 10.9. The second-order valence-electron chi connectivity index (χ2n) is 7.74. The number of nitrogens with one attached hydrogen (secondary N) is 1. The van der Waals surface area contributed by atoms with E-state index in [2.05, 4.69) is 5.32 Å². The van der Waals surface area contributed by atoms with E-state index in [1.54, 1.807) is 23.1 Å². The second-order valence-corrected chi connectivity index (χ2v) is 8.14. The van der Waals surface area contributed by atoms with Crippen molar-refractivity contribution in [2.75, 3.05) is 49.6 Å². The Bertz CT molecular complexity index is 1100. The van der Waals surface area contributed by atoms with Crippen molar-refractivity contribution >= 4 is 40.5 Å². The Labute approximate surface area is 195 Å². The Morgan fingerprint density at radius 2 is 1.73 bits per heavy atom. The number of nitro benzene ring substituents is 1. The number of rotatable bonds is 4. The van der Waals surface area contributed by atoms with Crippen LogP contribution in [0, 0.1) is 10.1 Å². The van der Waals surface area contributed by atoms with Crippen LogP contribution in [0.5, 0.6) is 11.5 Å². The maximum Gasteiger partial charge on any atom is 0.293 e. The Balaban J connectivity index is 1.54. The van der Waals surface area contributed by atoms with Crippen LogP contribution in [0.25, 0.3) is 0 Å². The quantitative estimate of drug-likeness (QED) is 0.534. The fourth-order valence-electron chi connectivity index (χ4n) is 3.81. The summed E-state index contributed by atoms with van der Waals surface area (Å²) in [6.45, 7) is 4.40. The minimum absolute atomic E-state index is 0.0235. The summed E-state index contributed by atoms with van der Waals surface area (Å²) >= 11 is 6.30. The zero-order valence-corrected chi connectivity index (χ0v) is 18.8. The average Bonchev–Trinajstić information content (AvgIpc) is 3.03. The van der Waals surface area contributed by atoms with Gasteiger partial charge in [-0.15, -0.1) is 0 Å². The largest absolute Gasteiger partial charge is 0.490 e. The normalized spacial score (nSPS) is 15.6. The first-order chi connectivity index (χ1) is 15.8. The van der Waals surface area contributed by atoms with Crippen molar-refractivity contribution in [3.05, 3.63) is 51.0 Å². The lowest BCUT2D eigenvalue weighted by Crippen LogP contribution is -2.48. The Morgan fingerprint density at radius 3 is 2.36 bits per heavy atom. The summed E-state index contributed by atoms with van der Waals surface area (Å²) in [7, 11) is 0. The lowest BCUT2D eigenvalue weighted by atomic mass is 10.1. The van der Waals surface area contributed by atoms with E-state index in [-0.39, 0.29) is 22.2 Å². The molecule has 33 heavy (non-hydrogen) atoms. The van der Waals surface area contributed by atoms with Gasteiger partial charge in [-0.25, -0.2) is 0 Å². The highest BCUT2D eigenvalue weighted by molar-refractivity contribution is 6.34. The summed E-state index contributed by atoms with van der Waals surface area (Å²) in [5.74, 6) is 0.408. The average molecular weight is 475 g/mol. The summed E-state index contributed by atoms with van der Waals surface area (Å²) in [5.41, 5.74) is 0.672. The van der Waals surface area contributed by atoms with E-state index < -0.39 is 10.8 Å². The molecule has 2 aromatic carbocycles. The number of ether oxygens (including phenoxy) is 2. The molecule has 1 fully saturated rings. The maximum absolute atomic E-state index is 12.9. The number of benzene rings is 2. The monoisotopic (exact) mass is 474 g/mol. The van der Waals surface area contributed by atoms with Gasteiger partial charge in [0.2, 0.25) is 5.91 Å². The molecule has 0 bridgehead atoms. The minimum Gasteiger partial charge on any atom is -0.490 e. The van der Waals surface area contributed by atoms with E-state index in [1.807, 2.05) is 4.90 Å². The molecule has 2 aliphatic rings. The minimum atomic E-state index is -0.539. The van der Waals surface area contributed by atoms with E-state index in [0.29, 0.717) is 62.3 Å². The molecule has 1 N–H and O–H groups in total. The molecule has 0 aliphatic carbocycles. The van der Waals surface area contributed by atoms with Gasteiger partial charge in [0.1, 0.15) is 5.69 Å². The van der Waals surface area contributed by atoms with Crippen molar-refractivity contribution in [3.63, 3.8) is 0 Å². The van der Waals surface area contributed by atoms with Gasteiger partial charge in [-0.1, -0.05) is 11.6 Å².